The zero-order chi connectivity index (χ0) is 13.2. The molecular weight excluding hydrogens is 244 g/mol. The highest BCUT2D eigenvalue weighted by Crippen LogP contribution is 2.07. The Labute approximate surface area is 108 Å². The molecule has 0 bridgehead atoms. The summed E-state index contributed by atoms with van der Waals surface area (Å²) >= 11 is 0. The predicted octanol–water partition coefficient (Wildman–Crippen LogP) is 0.0216. The van der Waals surface area contributed by atoms with Gasteiger partial charge < -0.3 is 10.7 Å². The van der Waals surface area contributed by atoms with E-state index in [-0.39, 0.29) is 17.6 Å². The summed E-state index contributed by atoms with van der Waals surface area (Å²) in [6.45, 7) is 0.680. The fraction of sp³-hybridized carbons (Fsp3) is 0.167. The molecule has 2 heterocycles. The maximum Gasteiger partial charge on any atom is 0.281 e. The summed E-state index contributed by atoms with van der Waals surface area (Å²) in [4.78, 5) is 18.6. The highest BCUT2D eigenvalue weighted by atomic mass is 16.1. The summed E-state index contributed by atoms with van der Waals surface area (Å²) in [7, 11) is 0. The lowest BCUT2D eigenvalue weighted by Gasteiger charge is -2.02. The van der Waals surface area contributed by atoms with Crippen LogP contribution in [0.5, 0.6) is 0 Å². The van der Waals surface area contributed by atoms with Crippen LogP contribution in [-0.4, -0.2) is 25.0 Å². The number of rotatable bonds is 3. The van der Waals surface area contributed by atoms with Crippen molar-refractivity contribution < 1.29 is 0 Å². The van der Waals surface area contributed by atoms with Gasteiger partial charge >= 0.3 is 0 Å². The van der Waals surface area contributed by atoms with Gasteiger partial charge in [0.25, 0.3) is 5.56 Å². The summed E-state index contributed by atoms with van der Waals surface area (Å²) in [6.07, 6.45) is 0. The molecule has 0 radical (unpaired) electrons. The van der Waals surface area contributed by atoms with Crippen molar-refractivity contribution in [1.29, 1.82) is 0 Å². The fourth-order valence-corrected chi connectivity index (χ4v) is 1.87. The van der Waals surface area contributed by atoms with Gasteiger partial charge in [0, 0.05) is 0 Å². The molecule has 1 aromatic carbocycles. The molecule has 0 saturated heterocycles. The van der Waals surface area contributed by atoms with Crippen LogP contribution in [0, 0.1) is 0 Å². The first-order chi connectivity index (χ1) is 9.28. The van der Waals surface area contributed by atoms with E-state index in [0.29, 0.717) is 18.0 Å². The Kier molecular flexibility index (Phi) is 2.81. The van der Waals surface area contributed by atoms with Crippen LogP contribution in [0.15, 0.2) is 35.1 Å². The van der Waals surface area contributed by atoms with Gasteiger partial charge in [-0.25, -0.2) is 9.67 Å². The van der Waals surface area contributed by atoms with Gasteiger partial charge in [0.2, 0.25) is 0 Å². The fourth-order valence-electron chi connectivity index (χ4n) is 1.87. The summed E-state index contributed by atoms with van der Waals surface area (Å²) in [5.41, 5.74) is 6.93. The van der Waals surface area contributed by atoms with Crippen LogP contribution in [0.3, 0.4) is 0 Å². The molecule has 3 rings (SSSR count). The van der Waals surface area contributed by atoms with Crippen LogP contribution in [0.1, 0.15) is 11.4 Å². The molecule has 0 spiro atoms. The monoisotopic (exact) mass is 256 g/mol. The van der Waals surface area contributed by atoms with Crippen LogP contribution >= 0.6 is 0 Å². The number of hydrogen-bond donors (Lipinski definition) is 2. The van der Waals surface area contributed by atoms with Gasteiger partial charge in [0.1, 0.15) is 5.82 Å². The summed E-state index contributed by atoms with van der Waals surface area (Å²) in [5.74, 6) is 0.425. The van der Waals surface area contributed by atoms with Crippen LogP contribution in [0.25, 0.3) is 11.2 Å². The molecule has 0 aliphatic heterocycles. The summed E-state index contributed by atoms with van der Waals surface area (Å²) in [6, 6.07) is 9.79. The standard InChI is InChI=1S/C12H12N6O/c13-6-9-14-11-10(12(19)15-9)16-17-18(11)7-8-4-2-1-3-5-8/h1-5H,6-7,13H2,(H,14,15,19). The van der Waals surface area contributed by atoms with Gasteiger partial charge in [-0.05, 0) is 5.56 Å². The first-order valence-corrected chi connectivity index (χ1v) is 5.84. The lowest BCUT2D eigenvalue weighted by Crippen LogP contribution is -2.15. The highest BCUT2D eigenvalue weighted by Gasteiger charge is 2.11. The third-order valence-corrected chi connectivity index (χ3v) is 2.79. The average Bonchev–Trinajstić information content (AvgIpc) is 2.83. The number of nitrogens with two attached hydrogens (primary N) is 1. The number of aromatic nitrogens is 5. The maximum absolute atomic E-state index is 11.8. The second-order valence-electron chi connectivity index (χ2n) is 4.12. The molecule has 0 saturated carbocycles. The highest BCUT2D eigenvalue weighted by molar-refractivity contribution is 5.68. The summed E-state index contributed by atoms with van der Waals surface area (Å²) < 4.78 is 1.60. The van der Waals surface area contributed by atoms with E-state index in [9.17, 15) is 4.79 Å². The minimum atomic E-state index is -0.315. The average molecular weight is 256 g/mol. The Bertz CT molecular complexity index is 761. The van der Waals surface area contributed by atoms with Crippen LogP contribution in [0.2, 0.25) is 0 Å². The van der Waals surface area contributed by atoms with Gasteiger partial charge in [-0.2, -0.15) is 0 Å². The molecular formula is C12H12N6O. The third-order valence-electron chi connectivity index (χ3n) is 2.79. The minimum absolute atomic E-state index is 0.168. The van der Waals surface area contributed by atoms with E-state index in [1.54, 1.807) is 4.68 Å². The van der Waals surface area contributed by atoms with Crippen molar-refractivity contribution in [3.8, 4) is 0 Å². The van der Waals surface area contributed by atoms with E-state index in [4.69, 9.17) is 5.73 Å². The Balaban J connectivity index is 2.10. The Hall–Kier alpha value is -2.54. The van der Waals surface area contributed by atoms with Crippen molar-refractivity contribution in [2.75, 3.05) is 0 Å². The van der Waals surface area contributed by atoms with Gasteiger partial charge in [-0.15, -0.1) is 5.10 Å². The topological polar surface area (TPSA) is 102 Å². The largest absolute Gasteiger partial charge is 0.324 e. The molecule has 7 heteroatoms. The van der Waals surface area contributed by atoms with E-state index >= 15 is 0 Å². The Morgan fingerprint density at radius 2 is 2.05 bits per heavy atom. The van der Waals surface area contributed by atoms with Gasteiger partial charge in [-0.3, -0.25) is 4.79 Å². The second-order valence-corrected chi connectivity index (χ2v) is 4.12. The van der Waals surface area contributed by atoms with E-state index in [0.717, 1.165) is 5.56 Å². The molecule has 2 aromatic heterocycles. The van der Waals surface area contributed by atoms with Gasteiger partial charge in [-0.1, -0.05) is 35.5 Å². The lowest BCUT2D eigenvalue weighted by atomic mass is 10.2. The van der Waals surface area contributed by atoms with E-state index in [1.165, 1.54) is 0 Å². The smallest absolute Gasteiger partial charge is 0.281 e. The molecule has 0 amide bonds. The van der Waals surface area contributed by atoms with Crippen molar-refractivity contribution in [3.63, 3.8) is 0 Å². The maximum atomic E-state index is 11.8. The number of nitrogens with zero attached hydrogens (tertiary/aromatic N) is 4. The number of hydrogen-bond acceptors (Lipinski definition) is 5. The Morgan fingerprint density at radius 1 is 1.26 bits per heavy atom. The molecule has 0 aliphatic carbocycles. The first kappa shape index (κ1) is 11.5. The van der Waals surface area contributed by atoms with Gasteiger partial charge in [0.15, 0.2) is 11.2 Å². The third kappa shape index (κ3) is 2.11. The molecule has 19 heavy (non-hydrogen) atoms. The molecule has 96 valence electrons. The van der Waals surface area contributed by atoms with Crippen LogP contribution in [0.4, 0.5) is 0 Å². The van der Waals surface area contributed by atoms with Crippen molar-refractivity contribution in [3.05, 3.63) is 52.1 Å². The van der Waals surface area contributed by atoms with Gasteiger partial charge in [0.05, 0.1) is 13.1 Å². The minimum Gasteiger partial charge on any atom is -0.324 e. The van der Waals surface area contributed by atoms with E-state index in [2.05, 4.69) is 20.3 Å². The van der Waals surface area contributed by atoms with Crippen molar-refractivity contribution in [2.24, 2.45) is 5.73 Å². The second kappa shape index (κ2) is 4.62. The molecule has 0 aliphatic rings. The van der Waals surface area contributed by atoms with Crippen LogP contribution < -0.4 is 11.3 Å². The quantitative estimate of drug-likeness (QED) is 0.687. The van der Waals surface area contributed by atoms with Crippen LogP contribution in [-0.2, 0) is 13.1 Å². The molecule has 0 unspecified atom stereocenters. The lowest BCUT2D eigenvalue weighted by molar-refractivity contribution is 0.662. The zero-order valence-corrected chi connectivity index (χ0v) is 10.1. The number of nitrogens with one attached hydrogen (secondary N) is 1. The van der Waals surface area contributed by atoms with Crippen molar-refractivity contribution in [1.82, 2.24) is 25.0 Å². The Morgan fingerprint density at radius 3 is 2.79 bits per heavy atom. The molecule has 0 atom stereocenters. The van der Waals surface area contributed by atoms with E-state index in [1.807, 2.05) is 30.3 Å². The zero-order valence-electron chi connectivity index (χ0n) is 10.1. The molecule has 3 aromatic rings. The number of benzene rings is 1. The number of aromatic amines is 1. The first-order valence-electron chi connectivity index (χ1n) is 5.84. The molecule has 0 fully saturated rings. The SMILES string of the molecule is NCc1nc2c(nnn2Cc2ccccc2)c(=O)[nH]1. The summed E-state index contributed by atoms with van der Waals surface area (Å²) in [5, 5.41) is 7.83. The predicted molar refractivity (Wildman–Crippen MR) is 69.4 cm³/mol. The van der Waals surface area contributed by atoms with Crippen molar-refractivity contribution in [2.45, 2.75) is 13.1 Å². The van der Waals surface area contributed by atoms with E-state index < -0.39 is 0 Å². The number of H-pyrrole nitrogens is 1. The van der Waals surface area contributed by atoms with Crippen molar-refractivity contribution >= 4 is 11.2 Å². The normalized spacial score (nSPS) is 11.0. The molecule has 7 nitrogen and oxygen atoms in total. The number of fused-ring (bicyclic) bond motifs is 1. The molecule has 3 N–H and O–H groups in total.